The average Bonchev–Trinajstić information content (AvgIpc) is 2.84. The standard InChI is InChI=1S/C30H43NO4/c1-5-33-29(32)24-14-16-31(17-15-24)20-23-6-9-26-19-28(13-10-25(26)18-23)35-27-11-7-22(8-12-27)21-34-30(2,3)4/h6,9-10,13,18-19,22,24,27H,5,7-8,11-12,14-17,20-21H2,1-4H3/t22-,27+. The summed E-state index contributed by atoms with van der Waals surface area (Å²) in [7, 11) is 0. The fourth-order valence-electron chi connectivity index (χ4n) is 5.27. The molecule has 192 valence electrons. The van der Waals surface area contributed by atoms with E-state index in [0.717, 1.165) is 57.7 Å². The van der Waals surface area contributed by atoms with E-state index in [1.807, 2.05) is 6.92 Å². The van der Waals surface area contributed by atoms with Crippen molar-refractivity contribution in [1.82, 2.24) is 4.90 Å². The molecule has 2 fully saturated rings. The number of likely N-dealkylation sites (tertiary alicyclic amines) is 1. The SMILES string of the molecule is CCOC(=O)C1CCN(Cc2ccc3cc(O[C@H]4CC[C@@H](COC(C)(C)C)CC4)ccc3c2)CC1. The summed E-state index contributed by atoms with van der Waals surface area (Å²) in [6.45, 7) is 12.4. The molecule has 1 heterocycles. The van der Waals surface area contributed by atoms with Crippen LogP contribution in [0.2, 0.25) is 0 Å². The quantitative estimate of drug-likeness (QED) is 0.410. The largest absolute Gasteiger partial charge is 0.490 e. The van der Waals surface area contributed by atoms with Crippen LogP contribution in [0, 0.1) is 11.8 Å². The van der Waals surface area contributed by atoms with E-state index in [0.29, 0.717) is 18.6 Å². The first kappa shape index (κ1) is 26.0. The number of ether oxygens (including phenoxy) is 3. The van der Waals surface area contributed by atoms with E-state index in [1.54, 1.807) is 0 Å². The summed E-state index contributed by atoms with van der Waals surface area (Å²) in [6, 6.07) is 13.2. The third-order valence-corrected chi connectivity index (χ3v) is 7.34. The molecule has 2 aromatic rings. The van der Waals surface area contributed by atoms with Crippen molar-refractivity contribution in [2.75, 3.05) is 26.3 Å². The van der Waals surface area contributed by atoms with Crippen molar-refractivity contribution in [3.63, 3.8) is 0 Å². The molecule has 1 saturated carbocycles. The fraction of sp³-hybridized carbons (Fsp3) is 0.633. The molecule has 0 bridgehead atoms. The zero-order valence-electron chi connectivity index (χ0n) is 22.1. The third kappa shape index (κ3) is 7.68. The molecule has 1 aliphatic heterocycles. The van der Waals surface area contributed by atoms with Crippen LogP contribution in [0.4, 0.5) is 0 Å². The van der Waals surface area contributed by atoms with Crippen molar-refractivity contribution in [2.45, 2.75) is 84.5 Å². The molecule has 2 aliphatic rings. The Balaban J connectivity index is 1.26. The van der Waals surface area contributed by atoms with E-state index in [-0.39, 0.29) is 17.5 Å². The average molecular weight is 482 g/mol. The van der Waals surface area contributed by atoms with E-state index >= 15 is 0 Å². The number of benzene rings is 2. The molecule has 0 aromatic heterocycles. The zero-order valence-corrected chi connectivity index (χ0v) is 22.1. The monoisotopic (exact) mass is 481 g/mol. The van der Waals surface area contributed by atoms with E-state index < -0.39 is 0 Å². The number of carbonyl (C=O) groups is 1. The van der Waals surface area contributed by atoms with Crippen molar-refractivity contribution in [2.24, 2.45) is 11.8 Å². The minimum atomic E-state index is -0.0563. The summed E-state index contributed by atoms with van der Waals surface area (Å²) in [6.07, 6.45) is 6.63. The minimum absolute atomic E-state index is 0.0292. The molecule has 4 rings (SSSR count). The first-order valence-corrected chi connectivity index (χ1v) is 13.5. The van der Waals surface area contributed by atoms with Crippen LogP contribution in [-0.2, 0) is 20.8 Å². The summed E-state index contributed by atoms with van der Waals surface area (Å²) < 4.78 is 17.6. The van der Waals surface area contributed by atoms with Gasteiger partial charge in [0.05, 0.1) is 30.8 Å². The van der Waals surface area contributed by atoms with Crippen LogP contribution in [0.3, 0.4) is 0 Å². The lowest BCUT2D eigenvalue weighted by molar-refractivity contribution is -0.149. The maximum atomic E-state index is 12.0. The first-order valence-electron chi connectivity index (χ1n) is 13.5. The van der Waals surface area contributed by atoms with Gasteiger partial charge >= 0.3 is 5.97 Å². The molecule has 5 heteroatoms. The highest BCUT2D eigenvalue weighted by Gasteiger charge is 2.26. The van der Waals surface area contributed by atoms with Crippen LogP contribution in [0.15, 0.2) is 36.4 Å². The summed E-state index contributed by atoms with van der Waals surface area (Å²) in [5.41, 5.74) is 1.26. The highest BCUT2D eigenvalue weighted by Crippen LogP contribution is 2.30. The molecule has 0 spiro atoms. The number of nitrogens with zero attached hydrogens (tertiary/aromatic N) is 1. The van der Waals surface area contributed by atoms with Gasteiger partial charge in [-0.25, -0.2) is 0 Å². The second-order valence-corrected chi connectivity index (χ2v) is 11.3. The predicted octanol–water partition coefficient (Wildman–Crippen LogP) is 6.37. The van der Waals surface area contributed by atoms with Crippen LogP contribution in [0.1, 0.15) is 71.8 Å². The first-order chi connectivity index (χ1) is 16.8. The number of hydrogen-bond donors (Lipinski definition) is 0. The summed E-state index contributed by atoms with van der Waals surface area (Å²) in [5.74, 6) is 1.66. The van der Waals surface area contributed by atoms with E-state index in [1.165, 1.54) is 29.2 Å². The van der Waals surface area contributed by atoms with Gasteiger partial charge in [0.15, 0.2) is 0 Å². The van der Waals surface area contributed by atoms with Crippen molar-refractivity contribution in [3.8, 4) is 5.75 Å². The van der Waals surface area contributed by atoms with Crippen molar-refractivity contribution < 1.29 is 19.0 Å². The van der Waals surface area contributed by atoms with Crippen LogP contribution >= 0.6 is 0 Å². The van der Waals surface area contributed by atoms with Gasteiger partial charge in [-0.15, -0.1) is 0 Å². The lowest BCUT2D eigenvalue weighted by Gasteiger charge is -2.31. The highest BCUT2D eigenvalue weighted by atomic mass is 16.5. The Hall–Kier alpha value is -2.11. The maximum absolute atomic E-state index is 12.0. The van der Waals surface area contributed by atoms with Crippen LogP contribution in [-0.4, -0.2) is 48.9 Å². The molecule has 0 radical (unpaired) electrons. The second-order valence-electron chi connectivity index (χ2n) is 11.3. The number of fused-ring (bicyclic) bond motifs is 1. The molecule has 5 nitrogen and oxygen atoms in total. The molecule has 1 saturated heterocycles. The smallest absolute Gasteiger partial charge is 0.309 e. The molecular formula is C30H43NO4. The van der Waals surface area contributed by atoms with Gasteiger partial charge in [0.2, 0.25) is 0 Å². The Bertz CT molecular complexity index is 966. The van der Waals surface area contributed by atoms with E-state index in [9.17, 15) is 4.79 Å². The molecular weight excluding hydrogens is 438 g/mol. The highest BCUT2D eigenvalue weighted by molar-refractivity contribution is 5.84. The number of carbonyl (C=O) groups excluding carboxylic acids is 1. The van der Waals surface area contributed by atoms with Gasteiger partial charge in [0.1, 0.15) is 5.75 Å². The molecule has 2 aromatic carbocycles. The predicted molar refractivity (Wildman–Crippen MR) is 141 cm³/mol. The Morgan fingerprint density at radius 2 is 1.63 bits per heavy atom. The fourth-order valence-corrected chi connectivity index (χ4v) is 5.27. The Morgan fingerprint density at radius 3 is 2.31 bits per heavy atom. The third-order valence-electron chi connectivity index (χ3n) is 7.34. The van der Waals surface area contributed by atoms with E-state index in [4.69, 9.17) is 14.2 Å². The number of piperidine rings is 1. The molecule has 0 atom stereocenters. The summed E-state index contributed by atoms with van der Waals surface area (Å²) >= 11 is 0. The maximum Gasteiger partial charge on any atom is 0.309 e. The topological polar surface area (TPSA) is 48.0 Å². The number of rotatable bonds is 8. The van der Waals surface area contributed by atoms with Crippen LogP contribution in [0.25, 0.3) is 10.8 Å². The molecule has 1 aliphatic carbocycles. The molecule has 0 unspecified atom stereocenters. The van der Waals surface area contributed by atoms with Crippen LogP contribution in [0.5, 0.6) is 5.75 Å². The van der Waals surface area contributed by atoms with Gasteiger partial charge in [-0.05, 0) is 120 Å². The van der Waals surface area contributed by atoms with Crippen LogP contribution < -0.4 is 4.74 Å². The lowest BCUT2D eigenvalue weighted by atomic mass is 9.88. The van der Waals surface area contributed by atoms with Gasteiger partial charge in [-0.1, -0.05) is 18.2 Å². The van der Waals surface area contributed by atoms with E-state index in [2.05, 4.69) is 62.1 Å². The Morgan fingerprint density at radius 1 is 0.943 bits per heavy atom. The Kier molecular flexibility index (Phi) is 8.72. The van der Waals surface area contributed by atoms with Gasteiger partial charge in [-0.2, -0.15) is 0 Å². The Labute approximate surface area is 211 Å². The molecule has 0 N–H and O–H groups in total. The normalized spacial score (nSPS) is 22.3. The van der Waals surface area contributed by atoms with Gasteiger partial charge in [0, 0.05) is 6.54 Å². The number of esters is 1. The van der Waals surface area contributed by atoms with Crippen molar-refractivity contribution in [1.29, 1.82) is 0 Å². The molecule has 35 heavy (non-hydrogen) atoms. The summed E-state index contributed by atoms with van der Waals surface area (Å²) in [5, 5.41) is 2.47. The number of hydrogen-bond acceptors (Lipinski definition) is 5. The second kappa shape index (κ2) is 11.7. The summed E-state index contributed by atoms with van der Waals surface area (Å²) in [4.78, 5) is 14.4. The van der Waals surface area contributed by atoms with Gasteiger partial charge in [-0.3, -0.25) is 9.69 Å². The molecule has 0 amide bonds. The van der Waals surface area contributed by atoms with Crippen molar-refractivity contribution >= 4 is 16.7 Å². The van der Waals surface area contributed by atoms with Gasteiger partial charge in [0.25, 0.3) is 0 Å². The zero-order chi connectivity index (χ0) is 24.8. The van der Waals surface area contributed by atoms with Crippen molar-refractivity contribution in [3.05, 3.63) is 42.0 Å². The lowest BCUT2D eigenvalue weighted by Crippen LogP contribution is -2.36. The minimum Gasteiger partial charge on any atom is -0.490 e. The van der Waals surface area contributed by atoms with Gasteiger partial charge < -0.3 is 14.2 Å².